The number of hydrogen-bond donors (Lipinski definition) is 2. The largest absolute Gasteiger partial charge is 0.478 e. The van der Waals surface area contributed by atoms with Crippen LogP contribution in [-0.2, 0) is 16.1 Å². The van der Waals surface area contributed by atoms with Gasteiger partial charge in [-0.05, 0) is 12.0 Å². The predicted molar refractivity (Wildman–Crippen MR) is 75.0 cm³/mol. The Morgan fingerprint density at radius 1 is 1.30 bits per heavy atom. The summed E-state index contributed by atoms with van der Waals surface area (Å²) in [5.41, 5.74) is 1.25. The number of rotatable bonds is 5. The average Bonchev–Trinajstić information content (AvgIpc) is 2.85. The molecule has 1 aliphatic heterocycles. The number of amides is 1. The molecular formula is C15H18N2O3. The van der Waals surface area contributed by atoms with Crippen molar-refractivity contribution in [3.63, 3.8) is 0 Å². The van der Waals surface area contributed by atoms with Gasteiger partial charge in [-0.3, -0.25) is 9.69 Å². The summed E-state index contributed by atoms with van der Waals surface area (Å²) in [4.78, 5) is 24.1. The number of nitrogens with one attached hydrogen (secondary N) is 1. The lowest BCUT2D eigenvalue weighted by Gasteiger charge is -2.16. The van der Waals surface area contributed by atoms with Crippen molar-refractivity contribution in [3.8, 4) is 0 Å². The zero-order valence-corrected chi connectivity index (χ0v) is 11.2. The summed E-state index contributed by atoms with van der Waals surface area (Å²) in [6, 6.07) is 10.3. The molecule has 1 unspecified atom stereocenters. The van der Waals surface area contributed by atoms with E-state index in [2.05, 4.69) is 22.3 Å². The van der Waals surface area contributed by atoms with Crippen molar-refractivity contribution >= 4 is 11.9 Å². The predicted octanol–water partition coefficient (Wildman–Crippen LogP) is 1.02. The van der Waals surface area contributed by atoms with E-state index in [0.29, 0.717) is 0 Å². The van der Waals surface area contributed by atoms with Crippen LogP contribution in [0.2, 0.25) is 0 Å². The monoisotopic (exact) mass is 274 g/mol. The van der Waals surface area contributed by atoms with E-state index in [9.17, 15) is 9.59 Å². The molecule has 1 saturated heterocycles. The highest BCUT2D eigenvalue weighted by atomic mass is 16.4. The number of aliphatic carboxylic acids is 1. The first kappa shape index (κ1) is 14.3. The van der Waals surface area contributed by atoms with Crippen molar-refractivity contribution in [2.24, 2.45) is 0 Å². The lowest BCUT2D eigenvalue weighted by molar-refractivity contribution is -0.131. The van der Waals surface area contributed by atoms with Crippen LogP contribution in [0.1, 0.15) is 12.0 Å². The van der Waals surface area contributed by atoms with Crippen LogP contribution in [0.25, 0.3) is 0 Å². The van der Waals surface area contributed by atoms with Crippen molar-refractivity contribution in [2.45, 2.75) is 19.0 Å². The number of nitrogens with zero attached hydrogens (tertiary/aromatic N) is 1. The minimum absolute atomic E-state index is 0.0876. The third kappa shape index (κ3) is 4.51. The highest BCUT2D eigenvalue weighted by Crippen LogP contribution is 2.13. The second-order valence-electron chi connectivity index (χ2n) is 4.89. The fraction of sp³-hybridized carbons (Fsp3) is 0.333. The van der Waals surface area contributed by atoms with Gasteiger partial charge >= 0.3 is 5.97 Å². The van der Waals surface area contributed by atoms with Gasteiger partial charge in [0.05, 0.1) is 0 Å². The summed E-state index contributed by atoms with van der Waals surface area (Å²) in [6.45, 7) is 2.60. The first-order chi connectivity index (χ1) is 9.63. The summed E-state index contributed by atoms with van der Waals surface area (Å²) < 4.78 is 0. The van der Waals surface area contributed by atoms with Crippen molar-refractivity contribution in [1.82, 2.24) is 10.2 Å². The molecule has 2 rings (SSSR count). The van der Waals surface area contributed by atoms with Crippen LogP contribution < -0.4 is 5.32 Å². The van der Waals surface area contributed by atoms with Gasteiger partial charge in [-0.15, -0.1) is 0 Å². The molecule has 106 valence electrons. The van der Waals surface area contributed by atoms with Gasteiger partial charge in [-0.2, -0.15) is 0 Å². The zero-order chi connectivity index (χ0) is 14.4. The Bertz CT molecular complexity index is 499. The van der Waals surface area contributed by atoms with E-state index in [-0.39, 0.29) is 11.9 Å². The van der Waals surface area contributed by atoms with Crippen LogP contribution in [0.4, 0.5) is 0 Å². The van der Waals surface area contributed by atoms with Gasteiger partial charge in [-0.1, -0.05) is 30.3 Å². The fourth-order valence-electron chi connectivity index (χ4n) is 2.33. The molecule has 1 heterocycles. The maximum Gasteiger partial charge on any atom is 0.328 e. The molecule has 1 aliphatic rings. The molecule has 0 spiro atoms. The van der Waals surface area contributed by atoms with Crippen molar-refractivity contribution in [1.29, 1.82) is 0 Å². The van der Waals surface area contributed by atoms with Gasteiger partial charge in [0.2, 0.25) is 5.91 Å². The van der Waals surface area contributed by atoms with E-state index in [0.717, 1.165) is 38.2 Å². The lowest BCUT2D eigenvalue weighted by Crippen LogP contribution is -2.36. The highest BCUT2D eigenvalue weighted by molar-refractivity contribution is 5.94. The highest BCUT2D eigenvalue weighted by Gasteiger charge is 2.23. The number of hydrogen-bond acceptors (Lipinski definition) is 3. The van der Waals surface area contributed by atoms with Gasteiger partial charge in [0.1, 0.15) is 0 Å². The first-order valence-corrected chi connectivity index (χ1v) is 6.61. The number of likely N-dealkylation sites (tertiary alicyclic amines) is 1. The summed E-state index contributed by atoms with van der Waals surface area (Å²) in [7, 11) is 0. The molecular weight excluding hydrogens is 256 g/mol. The molecule has 20 heavy (non-hydrogen) atoms. The molecule has 1 atom stereocenters. The van der Waals surface area contributed by atoms with E-state index in [1.807, 2.05) is 18.2 Å². The number of carboxylic acids is 1. The molecule has 2 N–H and O–H groups in total. The van der Waals surface area contributed by atoms with Crippen LogP contribution in [0, 0.1) is 0 Å². The molecule has 1 amide bonds. The molecule has 0 radical (unpaired) electrons. The second kappa shape index (κ2) is 6.86. The standard InChI is InChI=1S/C15H18N2O3/c18-14(6-7-15(19)20)16-13-8-9-17(11-13)10-12-4-2-1-3-5-12/h1-7,13H,8-11H2,(H,16,18)(H,19,20)/b7-6+. The van der Waals surface area contributed by atoms with Crippen LogP contribution >= 0.6 is 0 Å². The Hall–Kier alpha value is -2.14. The van der Waals surface area contributed by atoms with Crippen LogP contribution in [0.5, 0.6) is 0 Å². The molecule has 0 aromatic heterocycles. The van der Waals surface area contributed by atoms with Crippen LogP contribution in [0.3, 0.4) is 0 Å². The van der Waals surface area contributed by atoms with Gasteiger partial charge in [0, 0.05) is 37.8 Å². The molecule has 5 nitrogen and oxygen atoms in total. The third-order valence-corrected chi connectivity index (χ3v) is 3.25. The van der Waals surface area contributed by atoms with E-state index in [1.165, 1.54) is 5.56 Å². The van der Waals surface area contributed by atoms with Crippen molar-refractivity contribution in [3.05, 3.63) is 48.0 Å². The minimum Gasteiger partial charge on any atom is -0.478 e. The Morgan fingerprint density at radius 3 is 2.75 bits per heavy atom. The maximum atomic E-state index is 11.5. The molecule has 0 saturated carbocycles. The molecule has 0 bridgehead atoms. The Balaban J connectivity index is 1.78. The average molecular weight is 274 g/mol. The Morgan fingerprint density at radius 2 is 2.05 bits per heavy atom. The van der Waals surface area contributed by atoms with Gasteiger partial charge in [-0.25, -0.2) is 4.79 Å². The summed E-state index contributed by atoms with van der Waals surface area (Å²) in [6.07, 6.45) is 2.80. The molecule has 5 heteroatoms. The topological polar surface area (TPSA) is 69.6 Å². The molecule has 1 aromatic carbocycles. The first-order valence-electron chi connectivity index (χ1n) is 6.61. The molecule has 1 aromatic rings. The second-order valence-corrected chi connectivity index (χ2v) is 4.89. The normalized spacial score (nSPS) is 19.3. The molecule has 0 aliphatic carbocycles. The summed E-state index contributed by atoms with van der Waals surface area (Å²) >= 11 is 0. The minimum atomic E-state index is -1.11. The van der Waals surface area contributed by atoms with E-state index in [1.54, 1.807) is 0 Å². The van der Waals surface area contributed by atoms with E-state index >= 15 is 0 Å². The Labute approximate surface area is 117 Å². The number of carbonyl (C=O) groups is 2. The SMILES string of the molecule is O=C(O)/C=C/C(=O)NC1CCN(Cc2ccccc2)C1. The maximum absolute atomic E-state index is 11.5. The fourth-order valence-corrected chi connectivity index (χ4v) is 2.33. The van der Waals surface area contributed by atoms with E-state index < -0.39 is 5.97 Å². The lowest BCUT2D eigenvalue weighted by atomic mass is 10.2. The quantitative estimate of drug-likeness (QED) is 0.786. The van der Waals surface area contributed by atoms with E-state index in [4.69, 9.17) is 5.11 Å². The van der Waals surface area contributed by atoms with Gasteiger partial charge < -0.3 is 10.4 Å². The summed E-state index contributed by atoms with van der Waals surface area (Å²) in [5.74, 6) is -1.46. The van der Waals surface area contributed by atoms with Crippen LogP contribution in [0.15, 0.2) is 42.5 Å². The number of carboxylic acid groups (broad SMARTS) is 1. The van der Waals surface area contributed by atoms with Gasteiger partial charge in [0.25, 0.3) is 0 Å². The number of carbonyl (C=O) groups excluding carboxylic acids is 1. The van der Waals surface area contributed by atoms with Crippen molar-refractivity contribution in [2.75, 3.05) is 13.1 Å². The number of benzene rings is 1. The van der Waals surface area contributed by atoms with Crippen molar-refractivity contribution < 1.29 is 14.7 Å². The third-order valence-electron chi connectivity index (χ3n) is 3.25. The summed E-state index contributed by atoms with van der Waals surface area (Å²) in [5, 5.41) is 11.3. The Kier molecular flexibility index (Phi) is 4.90. The molecule has 1 fully saturated rings. The smallest absolute Gasteiger partial charge is 0.328 e. The van der Waals surface area contributed by atoms with Gasteiger partial charge in [0.15, 0.2) is 0 Å². The van der Waals surface area contributed by atoms with Crippen LogP contribution in [-0.4, -0.2) is 41.0 Å². The zero-order valence-electron chi connectivity index (χ0n) is 11.2.